The molecule has 1 saturated heterocycles. The van der Waals surface area contributed by atoms with Crippen LogP contribution in [0.1, 0.15) is 42.7 Å². The van der Waals surface area contributed by atoms with Crippen LogP contribution in [-0.4, -0.2) is 42.5 Å². The summed E-state index contributed by atoms with van der Waals surface area (Å²) in [7, 11) is 2.89. The van der Waals surface area contributed by atoms with Crippen molar-refractivity contribution < 1.29 is 24.2 Å². The second-order valence-corrected chi connectivity index (χ2v) is 8.29. The zero-order valence-electron chi connectivity index (χ0n) is 17.1. The van der Waals surface area contributed by atoms with Crippen LogP contribution in [-0.2, 0) is 9.59 Å². The maximum absolute atomic E-state index is 13.0. The Labute approximate surface area is 184 Å². The maximum Gasteiger partial charge on any atom is 0.295 e. The summed E-state index contributed by atoms with van der Waals surface area (Å²) >= 11 is 7.61. The molecule has 1 aliphatic rings. The molecule has 0 aliphatic carbocycles. The largest absolute Gasteiger partial charge is 0.507 e. The summed E-state index contributed by atoms with van der Waals surface area (Å²) in [5, 5.41) is 13.4. The van der Waals surface area contributed by atoms with Crippen LogP contribution in [0.4, 0.5) is 0 Å². The van der Waals surface area contributed by atoms with E-state index < -0.39 is 17.7 Å². The first-order chi connectivity index (χ1) is 14.4. The second kappa shape index (κ2) is 9.53. The van der Waals surface area contributed by atoms with E-state index in [1.165, 1.54) is 37.7 Å². The summed E-state index contributed by atoms with van der Waals surface area (Å²) in [6.45, 7) is 2.52. The van der Waals surface area contributed by atoms with Crippen LogP contribution in [0.2, 0.25) is 5.02 Å². The van der Waals surface area contributed by atoms with Gasteiger partial charge in [0, 0.05) is 17.5 Å². The van der Waals surface area contributed by atoms with Gasteiger partial charge in [-0.25, -0.2) is 0 Å². The number of hydrogen-bond donors (Lipinski definition) is 1. The van der Waals surface area contributed by atoms with Gasteiger partial charge in [0.25, 0.3) is 11.7 Å². The number of rotatable bonds is 8. The number of aliphatic hydroxyl groups excluding tert-OH is 1. The van der Waals surface area contributed by atoms with Crippen LogP contribution in [0.5, 0.6) is 11.5 Å². The molecule has 0 radical (unpaired) electrons. The van der Waals surface area contributed by atoms with Gasteiger partial charge in [-0.05, 0) is 23.9 Å². The average Bonchev–Trinajstić information content (AvgIpc) is 3.35. The first kappa shape index (κ1) is 22.2. The van der Waals surface area contributed by atoms with Gasteiger partial charge < -0.3 is 19.5 Å². The fourth-order valence-corrected chi connectivity index (χ4v) is 4.65. The first-order valence-electron chi connectivity index (χ1n) is 9.68. The van der Waals surface area contributed by atoms with Gasteiger partial charge in [0.2, 0.25) is 0 Å². The van der Waals surface area contributed by atoms with Gasteiger partial charge in [0.05, 0.1) is 36.4 Å². The molecule has 3 rings (SSSR count). The van der Waals surface area contributed by atoms with Crippen LogP contribution >= 0.6 is 22.9 Å². The molecule has 1 N–H and O–H groups in total. The van der Waals surface area contributed by atoms with E-state index in [4.69, 9.17) is 21.1 Å². The van der Waals surface area contributed by atoms with Gasteiger partial charge in [-0.3, -0.25) is 9.59 Å². The number of amides is 1. The standard InChI is InChI=1S/C22H24ClNO5S/c1-4-5-6-9-24-19(17-8-7-10-30-17)18(21(26)22(24)27)20(25)13-11-16(29-3)14(23)12-15(13)28-2/h7-8,10-12,19,25H,4-6,9H2,1-3H3/b20-18+. The molecular weight excluding hydrogens is 426 g/mol. The number of ketones is 1. The molecule has 0 saturated carbocycles. The molecule has 160 valence electrons. The van der Waals surface area contributed by atoms with E-state index in [1.54, 1.807) is 4.90 Å². The molecule has 1 fully saturated rings. The molecule has 1 unspecified atom stereocenters. The quantitative estimate of drug-likeness (QED) is 0.265. The number of carbonyl (C=O) groups is 2. The predicted octanol–water partition coefficient (Wildman–Crippen LogP) is 5.03. The van der Waals surface area contributed by atoms with Gasteiger partial charge in [-0.15, -0.1) is 11.3 Å². The number of benzene rings is 1. The van der Waals surface area contributed by atoms with Crippen LogP contribution in [0.15, 0.2) is 35.2 Å². The molecule has 1 aromatic heterocycles. The summed E-state index contributed by atoms with van der Waals surface area (Å²) in [6, 6.07) is 6.09. The predicted molar refractivity (Wildman–Crippen MR) is 117 cm³/mol. The smallest absolute Gasteiger partial charge is 0.295 e. The lowest BCUT2D eigenvalue weighted by Crippen LogP contribution is -2.30. The van der Waals surface area contributed by atoms with Gasteiger partial charge in [0.1, 0.15) is 17.3 Å². The zero-order valence-corrected chi connectivity index (χ0v) is 18.7. The number of halogens is 1. The van der Waals surface area contributed by atoms with Crippen molar-refractivity contribution in [3.8, 4) is 11.5 Å². The van der Waals surface area contributed by atoms with Gasteiger partial charge in [-0.2, -0.15) is 0 Å². The summed E-state index contributed by atoms with van der Waals surface area (Å²) in [5.41, 5.74) is 0.286. The fourth-order valence-electron chi connectivity index (χ4n) is 3.58. The van der Waals surface area contributed by atoms with E-state index in [0.717, 1.165) is 24.1 Å². The number of Topliss-reactive ketones (excluding diaryl/α,β-unsaturated/α-hetero) is 1. The Balaban J connectivity index is 2.17. The summed E-state index contributed by atoms with van der Waals surface area (Å²) in [4.78, 5) is 28.2. The summed E-state index contributed by atoms with van der Waals surface area (Å²) < 4.78 is 10.6. The Morgan fingerprint density at radius 3 is 2.53 bits per heavy atom. The topological polar surface area (TPSA) is 76.1 Å². The number of ether oxygens (including phenoxy) is 2. The van der Waals surface area contributed by atoms with Crippen molar-refractivity contribution in [2.45, 2.75) is 32.2 Å². The third-order valence-corrected chi connectivity index (χ3v) is 6.30. The number of carbonyl (C=O) groups excluding carboxylic acids is 2. The lowest BCUT2D eigenvalue weighted by atomic mass is 9.99. The third kappa shape index (κ3) is 4.04. The summed E-state index contributed by atoms with van der Waals surface area (Å²) in [6.07, 6.45) is 2.72. The van der Waals surface area contributed by atoms with Crippen LogP contribution in [0.3, 0.4) is 0 Å². The molecule has 2 heterocycles. The number of hydrogen-bond acceptors (Lipinski definition) is 6. The number of likely N-dealkylation sites (tertiary alicyclic amines) is 1. The molecule has 1 amide bonds. The molecule has 2 aromatic rings. The lowest BCUT2D eigenvalue weighted by Gasteiger charge is -2.24. The molecule has 0 spiro atoms. The number of nitrogens with zero attached hydrogens (tertiary/aromatic N) is 1. The monoisotopic (exact) mass is 449 g/mol. The van der Waals surface area contributed by atoms with E-state index in [-0.39, 0.29) is 22.6 Å². The van der Waals surface area contributed by atoms with E-state index in [1.807, 2.05) is 17.5 Å². The normalized spacial score (nSPS) is 18.1. The second-order valence-electron chi connectivity index (χ2n) is 6.90. The lowest BCUT2D eigenvalue weighted by molar-refractivity contribution is -0.139. The van der Waals surface area contributed by atoms with Crippen molar-refractivity contribution >= 4 is 40.4 Å². The van der Waals surface area contributed by atoms with Crippen molar-refractivity contribution in [2.75, 3.05) is 20.8 Å². The number of aliphatic hydroxyl groups is 1. The first-order valence-corrected chi connectivity index (χ1v) is 10.9. The molecule has 6 nitrogen and oxygen atoms in total. The Morgan fingerprint density at radius 2 is 1.93 bits per heavy atom. The van der Waals surface area contributed by atoms with Crippen LogP contribution in [0.25, 0.3) is 5.76 Å². The zero-order chi connectivity index (χ0) is 21.8. The van der Waals surface area contributed by atoms with Gasteiger partial charge >= 0.3 is 0 Å². The number of methoxy groups -OCH3 is 2. The van der Waals surface area contributed by atoms with Crippen LogP contribution < -0.4 is 9.47 Å². The van der Waals surface area contributed by atoms with Gasteiger partial charge in [-0.1, -0.05) is 37.4 Å². The maximum atomic E-state index is 13.0. The highest BCUT2D eigenvalue weighted by atomic mass is 35.5. The molecule has 30 heavy (non-hydrogen) atoms. The Morgan fingerprint density at radius 1 is 1.20 bits per heavy atom. The SMILES string of the molecule is CCCCCN1C(=O)C(=O)/C(=C(/O)c2cc(OC)c(Cl)cc2OC)C1c1cccs1. The molecule has 1 aliphatic heterocycles. The highest BCUT2D eigenvalue weighted by Crippen LogP contribution is 2.44. The average molecular weight is 450 g/mol. The molecule has 0 bridgehead atoms. The molecule has 1 aromatic carbocycles. The van der Waals surface area contributed by atoms with E-state index >= 15 is 0 Å². The van der Waals surface area contributed by atoms with Crippen molar-refractivity contribution in [2.24, 2.45) is 0 Å². The third-order valence-electron chi connectivity index (χ3n) is 5.08. The Kier molecular flexibility index (Phi) is 7.05. The molecule has 1 atom stereocenters. The van der Waals surface area contributed by atoms with Crippen molar-refractivity contribution in [3.05, 3.63) is 50.7 Å². The minimum Gasteiger partial charge on any atom is -0.507 e. The van der Waals surface area contributed by atoms with Gasteiger partial charge in [0.15, 0.2) is 0 Å². The van der Waals surface area contributed by atoms with E-state index in [2.05, 4.69) is 6.92 Å². The number of thiophene rings is 1. The highest BCUT2D eigenvalue weighted by molar-refractivity contribution is 7.10. The summed E-state index contributed by atoms with van der Waals surface area (Å²) in [5.74, 6) is -1.02. The van der Waals surface area contributed by atoms with E-state index in [0.29, 0.717) is 17.3 Å². The van der Waals surface area contributed by atoms with Crippen molar-refractivity contribution in [1.29, 1.82) is 0 Å². The molecular formula is C22H24ClNO5S. The fraction of sp³-hybridized carbons (Fsp3) is 0.364. The van der Waals surface area contributed by atoms with Crippen LogP contribution in [0, 0.1) is 0 Å². The highest BCUT2D eigenvalue weighted by Gasteiger charge is 2.46. The molecule has 8 heteroatoms. The van der Waals surface area contributed by atoms with Crippen molar-refractivity contribution in [3.63, 3.8) is 0 Å². The minimum absolute atomic E-state index is 0.0432. The minimum atomic E-state index is -0.710. The Hall–Kier alpha value is -2.51. The van der Waals surface area contributed by atoms with E-state index in [9.17, 15) is 14.7 Å². The van der Waals surface area contributed by atoms with Crippen molar-refractivity contribution in [1.82, 2.24) is 4.90 Å². The Bertz CT molecular complexity index is 970. The number of unbranched alkanes of at least 4 members (excludes halogenated alkanes) is 2.